The molecule has 0 aromatic rings. The molecule has 0 radical (unpaired) electrons. The van der Waals surface area contributed by atoms with E-state index >= 15 is 0 Å². The van der Waals surface area contributed by atoms with Crippen LogP contribution in [0.4, 0.5) is 0 Å². The van der Waals surface area contributed by atoms with Gasteiger partial charge in [0, 0.05) is 0 Å². The van der Waals surface area contributed by atoms with Crippen molar-refractivity contribution in [3.63, 3.8) is 0 Å². The lowest BCUT2D eigenvalue weighted by Crippen LogP contribution is -2.57. The fourth-order valence-corrected chi connectivity index (χ4v) is 2.25. The van der Waals surface area contributed by atoms with Gasteiger partial charge in [-0.3, -0.25) is 9.59 Å². The summed E-state index contributed by atoms with van der Waals surface area (Å²) in [5, 5.41) is 0. The Kier molecular flexibility index (Phi) is 14.2. The van der Waals surface area contributed by atoms with Gasteiger partial charge in [0.25, 0.3) is 11.2 Å². The second-order valence-corrected chi connectivity index (χ2v) is 6.59. The highest BCUT2D eigenvalue weighted by Crippen LogP contribution is 2.20. The highest BCUT2D eigenvalue weighted by Gasteiger charge is 2.52. The maximum absolute atomic E-state index is 12.3. The van der Waals surface area contributed by atoms with Crippen LogP contribution in [0.3, 0.4) is 0 Å². The predicted octanol–water partition coefficient (Wildman–Crippen LogP) is -1.13. The van der Waals surface area contributed by atoms with Crippen LogP contribution in [-0.4, -0.2) is 71.9 Å². The first-order valence-electron chi connectivity index (χ1n) is 9.09. The third kappa shape index (κ3) is 7.64. The smallest absolute Gasteiger partial charge is 0.419 e. The van der Waals surface area contributed by atoms with E-state index in [1.807, 2.05) is 0 Å². The number of carbonyl (C=O) groups is 6. The summed E-state index contributed by atoms with van der Waals surface area (Å²) in [6, 6.07) is -2.51. The molecule has 0 aromatic heterocycles. The summed E-state index contributed by atoms with van der Waals surface area (Å²) >= 11 is 0. The molecule has 0 fully saturated rings. The molecule has 10 N–H and O–H groups in total. The Bertz CT molecular complexity index is 665. The second kappa shape index (κ2) is 13.5. The van der Waals surface area contributed by atoms with E-state index in [1.165, 1.54) is 27.7 Å². The number of esters is 4. The predicted molar refractivity (Wildman–Crippen MR) is 110 cm³/mol. The van der Waals surface area contributed by atoms with Crippen LogP contribution in [0.1, 0.15) is 41.5 Å². The third-order valence-electron chi connectivity index (χ3n) is 3.86. The quantitative estimate of drug-likeness (QED) is 0.128. The topological polar surface area (TPSA) is 261 Å². The van der Waals surface area contributed by atoms with Crippen LogP contribution in [0, 0.1) is 0 Å². The van der Waals surface area contributed by atoms with E-state index in [4.69, 9.17) is 30.4 Å². The van der Waals surface area contributed by atoms with Gasteiger partial charge in [-0.15, -0.1) is 0 Å². The number of ketones is 2. The Morgan fingerprint density at radius 3 is 1.12 bits per heavy atom. The van der Waals surface area contributed by atoms with Crippen molar-refractivity contribution in [2.45, 2.75) is 64.8 Å². The van der Waals surface area contributed by atoms with E-state index in [2.05, 4.69) is 0 Å². The number of rotatable bonds is 10. The molecular formula is C18H34N4O10. The van der Waals surface area contributed by atoms with Gasteiger partial charge in [-0.2, -0.15) is 0 Å². The summed E-state index contributed by atoms with van der Waals surface area (Å²) in [5.41, 5.74) is 5.81. The number of hydrogen-bond donors (Lipinski definition) is 4. The van der Waals surface area contributed by atoms with E-state index in [9.17, 15) is 28.8 Å². The van der Waals surface area contributed by atoms with Gasteiger partial charge in [0.15, 0.2) is 0 Å². The van der Waals surface area contributed by atoms with Crippen LogP contribution in [-0.2, 0) is 47.7 Å². The Morgan fingerprint density at radius 1 is 0.688 bits per heavy atom. The zero-order valence-corrected chi connectivity index (χ0v) is 19.2. The fraction of sp³-hybridized carbons (Fsp3) is 0.667. The van der Waals surface area contributed by atoms with Crippen molar-refractivity contribution in [1.29, 1.82) is 0 Å². The molecule has 4 atom stereocenters. The van der Waals surface area contributed by atoms with Gasteiger partial charge >= 0.3 is 23.9 Å². The van der Waals surface area contributed by atoms with Crippen molar-refractivity contribution >= 4 is 35.4 Å². The van der Waals surface area contributed by atoms with E-state index < -0.39 is 58.7 Å². The first-order valence-corrected chi connectivity index (χ1v) is 9.09. The normalized spacial score (nSPS) is 15.6. The highest BCUT2D eigenvalue weighted by atomic mass is 16.7. The molecule has 0 saturated heterocycles. The van der Waals surface area contributed by atoms with Crippen molar-refractivity contribution in [2.24, 2.45) is 11.5 Å². The lowest BCUT2D eigenvalue weighted by atomic mass is 9.95. The van der Waals surface area contributed by atoms with Crippen molar-refractivity contribution < 1.29 is 47.7 Å². The molecule has 32 heavy (non-hydrogen) atoms. The van der Waals surface area contributed by atoms with Gasteiger partial charge in [-0.25, -0.2) is 19.2 Å². The monoisotopic (exact) mass is 466 g/mol. The minimum Gasteiger partial charge on any atom is -0.463 e. The molecule has 0 bridgehead atoms. The van der Waals surface area contributed by atoms with Crippen LogP contribution in [0.25, 0.3) is 0 Å². The number of carbonyl (C=O) groups excluding carboxylic acids is 6. The van der Waals surface area contributed by atoms with Gasteiger partial charge in [0.1, 0.15) is 0 Å². The summed E-state index contributed by atoms with van der Waals surface area (Å²) in [6.45, 7) is 6.79. The maximum Gasteiger partial charge on any atom is 0.419 e. The van der Waals surface area contributed by atoms with Crippen molar-refractivity contribution in [3.8, 4) is 0 Å². The summed E-state index contributed by atoms with van der Waals surface area (Å²) in [6.07, 6.45) is 0. The molecule has 0 heterocycles. The Labute approximate surface area is 185 Å². The zero-order chi connectivity index (χ0) is 23.9. The van der Waals surface area contributed by atoms with Crippen LogP contribution >= 0.6 is 0 Å². The molecule has 0 rings (SSSR count). The molecule has 0 amide bonds. The van der Waals surface area contributed by atoms with Gasteiger partial charge in [-0.1, -0.05) is 0 Å². The van der Waals surface area contributed by atoms with Gasteiger partial charge in [0.05, 0.1) is 25.3 Å². The summed E-state index contributed by atoms with van der Waals surface area (Å²) in [4.78, 5) is 73.5. The molecule has 0 aliphatic heterocycles. The lowest BCUT2D eigenvalue weighted by Gasteiger charge is -2.29. The van der Waals surface area contributed by atoms with Crippen molar-refractivity contribution in [3.05, 3.63) is 0 Å². The maximum atomic E-state index is 12.3. The average molecular weight is 466 g/mol. The molecule has 2 unspecified atom stereocenters. The number of nitrogens with two attached hydrogens (primary N) is 2. The van der Waals surface area contributed by atoms with E-state index in [0.29, 0.717) is 0 Å². The van der Waals surface area contributed by atoms with Crippen molar-refractivity contribution in [1.82, 2.24) is 12.3 Å². The summed E-state index contributed by atoms with van der Waals surface area (Å²) in [7, 11) is 0. The van der Waals surface area contributed by atoms with Crippen LogP contribution in [0.15, 0.2) is 0 Å². The highest BCUT2D eigenvalue weighted by molar-refractivity contribution is 6.32. The van der Waals surface area contributed by atoms with Gasteiger partial charge in [-0.05, 0) is 41.5 Å². The van der Waals surface area contributed by atoms with Crippen LogP contribution in [0.2, 0.25) is 0 Å². The lowest BCUT2D eigenvalue weighted by molar-refractivity contribution is -0.198. The minimum atomic E-state index is -2.56. The van der Waals surface area contributed by atoms with E-state index in [0.717, 1.165) is 13.8 Å². The molecule has 14 heteroatoms. The Hall–Kier alpha value is -2.94. The summed E-state index contributed by atoms with van der Waals surface area (Å²) < 4.78 is 18.9. The fourth-order valence-electron chi connectivity index (χ4n) is 2.25. The minimum absolute atomic E-state index is 0. The van der Waals surface area contributed by atoms with Crippen LogP contribution in [0.5, 0.6) is 0 Å². The van der Waals surface area contributed by atoms with Crippen molar-refractivity contribution in [2.75, 3.05) is 13.2 Å². The first kappa shape index (κ1) is 33.7. The standard InChI is InChI=1S/C18H28N2O10.2H3N/c1-7-27-15(25)17(5,11(21)9(3)19)29-13(23)14(24)30-18(6,12(22)10(4)20)16(26)28-8-2;;/h9-10H,7-8,19-20H2,1-6H3;2*1H3/t9-,10-,17?,18?;;/m0../s1. The molecule has 0 saturated carbocycles. The molecule has 0 aromatic carbocycles. The van der Waals surface area contributed by atoms with Gasteiger partial charge in [0.2, 0.25) is 11.6 Å². The molecule has 14 nitrogen and oxygen atoms in total. The van der Waals surface area contributed by atoms with E-state index in [1.54, 1.807) is 0 Å². The molecule has 0 spiro atoms. The third-order valence-corrected chi connectivity index (χ3v) is 3.86. The zero-order valence-electron chi connectivity index (χ0n) is 19.2. The number of Topliss-reactive ketones (excluding diaryl/α,β-unsaturated/α-hetero) is 2. The Balaban J connectivity index is -0.00000420. The molecule has 0 aliphatic carbocycles. The average Bonchev–Trinajstić information content (AvgIpc) is 2.66. The molecule has 186 valence electrons. The number of hydrogen-bond acceptors (Lipinski definition) is 14. The first-order chi connectivity index (χ1) is 13.7. The SMILES string of the molecule is CCOC(=O)C(C)(OC(=O)C(=O)OC(C)(C(=O)OCC)C(=O)[C@H](C)N)C(=O)[C@H](C)N.N.N. The van der Waals surface area contributed by atoms with E-state index in [-0.39, 0.29) is 25.5 Å². The Morgan fingerprint density at radius 2 is 0.938 bits per heavy atom. The number of ether oxygens (including phenoxy) is 4. The van der Waals surface area contributed by atoms with Gasteiger partial charge < -0.3 is 42.7 Å². The summed E-state index contributed by atoms with van der Waals surface area (Å²) in [5.74, 6) is -8.33. The largest absolute Gasteiger partial charge is 0.463 e. The molecular weight excluding hydrogens is 432 g/mol. The second-order valence-electron chi connectivity index (χ2n) is 6.59. The molecule has 0 aliphatic rings. The van der Waals surface area contributed by atoms with Crippen LogP contribution < -0.4 is 23.8 Å².